The van der Waals surface area contributed by atoms with Crippen LogP contribution in [-0.4, -0.2) is 28.0 Å². The fourth-order valence-corrected chi connectivity index (χ4v) is 18.5. The Labute approximate surface area is 211 Å². The Bertz CT molecular complexity index is 380. The molecule has 186 valence electrons. The fourth-order valence-electron chi connectivity index (χ4n) is 7.49. The molecule has 0 N–H and O–H groups in total. The molecule has 4 aliphatic rings. The third-order valence-electron chi connectivity index (χ3n) is 8.85. The van der Waals surface area contributed by atoms with Crippen LogP contribution in [0, 0.1) is 0 Å². The van der Waals surface area contributed by atoms with Crippen molar-refractivity contribution in [2.24, 2.45) is 0 Å². The Balaban J connectivity index is 0.000000858. The first-order valence-electron chi connectivity index (χ1n) is 13.6. The molecule has 4 rings (SSSR count). The molecule has 0 bridgehead atoms. The molecule has 0 radical (unpaired) electrons. The molecule has 0 aromatic rings. The molecule has 0 atom stereocenters. The summed E-state index contributed by atoms with van der Waals surface area (Å²) in [4.78, 5) is 0. The maximum absolute atomic E-state index is 4.70. The normalized spacial score (nSPS) is 25.9. The van der Waals surface area contributed by atoms with Gasteiger partial charge in [-0.3, -0.25) is 0 Å². The third-order valence-corrected chi connectivity index (χ3v) is 17.6. The molecule has 0 spiro atoms. The van der Waals surface area contributed by atoms with E-state index in [1.807, 2.05) is 0 Å². The average molecular weight is 552 g/mol. The first-order chi connectivity index (χ1) is 15.3. The summed E-state index contributed by atoms with van der Waals surface area (Å²) in [5.74, 6) is 0. The molecule has 31 heavy (non-hydrogen) atoms. The van der Waals surface area contributed by atoms with E-state index in [1.165, 1.54) is 22.6 Å². The molecule has 0 aliphatic heterocycles. The van der Waals surface area contributed by atoms with Crippen molar-refractivity contribution in [3.8, 4) is 0 Å². The average Bonchev–Trinajstić information content (AvgIpc) is 2.83. The van der Waals surface area contributed by atoms with E-state index in [9.17, 15) is 0 Å². The van der Waals surface area contributed by atoms with Crippen LogP contribution in [0.3, 0.4) is 0 Å². The van der Waals surface area contributed by atoms with Crippen molar-refractivity contribution in [3.05, 3.63) is 0 Å². The predicted octanol–water partition coefficient (Wildman–Crippen LogP) is 11.0. The van der Waals surface area contributed by atoms with Gasteiger partial charge >= 0.3 is 33.0 Å². The van der Waals surface area contributed by atoms with Gasteiger partial charge in [-0.15, -0.1) is 0 Å². The summed E-state index contributed by atoms with van der Waals surface area (Å²) in [6.07, 6.45) is 31.6. The standard InChI is InChI=1S/C26H48P2.2ClH.Ni/c1-22(27(23-14-6-2-7-15-23)24-16-8-3-9-17-24)28(25-18-10-4-11-19-25)26-20-12-5-13-21-26;;;/h22-26H,2-21H2,1H3;2*1H;/q;;;+2/p-2. The molecule has 4 fully saturated rings. The number of hydrogen-bond acceptors (Lipinski definition) is 0. The molecule has 0 aromatic heterocycles. The van der Waals surface area contributed by atoms with Crippen LogP contribution in [0.15, 0.2) is 0 Å². The Morgan fingerprint density at radius 1 is 0.484 bits per heavy atom. The van der Waals surface area contributed by atoms with E-state index >= 15 is 0 Å². The van der Waals surface area contributed by atoms with E-state index < -0.39 is 0 Å². The van der Waals surface area contributed by atoms with Crippen LogP contribution < -0.4 is 0 Å². The zero-order valence-electron chi connectivity index (χ0n) is 20.0. The molecule has 0 aromatic carbocycles. The first-order valence-corrected chi connectivity index (χ1v) is 19.4. The number of hydrogen-bond donors (Lipinski definition) is 0. The van der Waals surface area contributed by atoms with Crippen molar-refractivity contribution < 1.29 is 12.7 Å². The van der Waals surface area contributed by atoms with Crippen LogP contribution in [0.1, 0.15) is 135 Å². The van der Waals surface area contributed by atoms with Crippen LogP contribution in [0.2, 0.25) is 0 Å². The molecule has 0 heterocycles. The quantitative estimate of drug-likeness (QED) is 0.227. The molecule has 0 amide bonds. The van der Waals surface area contributed by atoms with Crippen molar-refractivity contribution in [1.82, 2.24) is 0 Å². The molecule has 5 heteroatoms. The minimum atomic E-state index is 0.282. The van der Waals surface area contributed by atoms with E-state index in [0.29, 0.717) is 12.7 Å². The van der Waals surface area contributed by atoms with Gasteiger partial charge < -0.3 is 0 Å². The van der Waals surface area contributed by atoms with Gasteiger partial charge in [0.2, 0.25) is 0 Å². The summed E-state index contributed by atoms with van der Waals surface area (Å²) in [5, 5.41) is 1.14. The SMILES string of the molecule is CC(P(C1CCCCC1)C1CCCCC1)P(C1CCCCC1)C1CCCCC1.[Cl][Ni][Cl]. The molecular formula is C26H48Cl2NiP2. The zero-order chi connectivity index (χ0) is 21.9. The summed E-state index contributed by atoms with van der Waals surface area (Å²) < 4.78 is 0. The maximum atomic E-state index is 4.70. The van der Waals surface area contributed by atoms with E-state index in [4.69, 9.17) is 20.4 Å². The first kappa shape index (κ1) is 27.5. The molecule has 4 aliphatic carbocycles. The number of halogens is 2. The second kappa shape index (κ2) is 15.8. The molecular weight excluding hydrogens is 504 g/mol. The monoisotopic (exact) mass is 550 g/mol. The summed E-state index contributed by atoms with van der Waals surface area (Å²) in [6, 6.07) is 0. The van der Waals surface area contributed by atoms with E-state index in [2.05, 4.69) is 6.92 Å². The van der Waals surface area contributed by atoms with Crippen molar-refractivity contribution in [2.75, 3.05) is 0 Å². The second-order valence-electron chi connectivity index (χ2n) is 10.7. The molecule has 0 unspecified atom stereocenters. The van der Waals surface area contributed by atoms with Crippen molar-refractivity contribution in [3.63, 3.8) is 0 Å². The topological polar surface area (TPSA) is 0 Å². The van der Waals surface area contributed by atoms with Gasteiger partial charge in [-0.05, 0) is 79.4 Å². The molecule has 4 saturated carbocycles. The van der Waals surface area contributed by atoms with Gasteiger partial charge in [0.15, 0.2) is 0 Å². The van der Waals surface area contributed by atoms with Crippen LogP contribution in [-0.2, 0) is 12.7 Å². The van der Waals surface area contributed by atoms with Crippen LogP contribution in [0.5, 0.6) is 0 Å². The van der Waals surface area contributed by atoms with E-state index in [0.717, 1.165) is 5.40 Å². The van der Waals surface area contributed by atoms with Crippen LogP contribution in [0.25, 0.3) is 0 Å². The molecule has 0 nitrogen and oxygen atoms in total. The Hall–Kier alpha value is 1.93. The summed E-state index contributed by atoms with van der Waals surface area (Å²) in [6.45, 7) is 2.85. The Kier molecular flexibility index (Phi) is 14.1. The van der Waals surface area contributed by atoms with Gasteiger partial charge in [0.05, 0.1) is 0 Å². The van der Waals surface area contributed by atoms with Gasteiger partial charge in [0.1, 0.15) is 0 Å². The zero-order valence-corrected chi connectivity index (χ0v) is 24.3. The van der Waals surface area contributed by atoms with Gasteiger partial charge in [0.25, 0.3) is 0 Å². The summed E-state index contributed by atoms with van der Waals surface area (Å²) >= 11 is 0.569. The van der Waals surface area contributed by atoms with E-state index in [-0.39, 0.29) is 15.8 Å². The van der Waals surface area contributed by atoms with Crippen molar-refractivity contribution in [2.45, 2.75) is 163 Å². The number of rotatable bonds is 6. The van der Waals surface area contributed by atoms with Crippen LogP contribution >= 0.6 is 36.2 Å². The van der Waals surface area contributed by atoms with Gasteiger partial charge in [0, 0.05) is 0 Å². The van der Waals surface area contributed by atoms with E-state index in [1.54, 1.807) is 128 Å². The third kappa shape index (κ3) is 8.53. The Morgan fingerprint density at radius 2 is 0.677 bits per heavy atom. The van der Waals surface area contributed by atoms with Crippen molar-refractivity contribution >= 4 is 36.2 Å². The van der Waals surface area contributed by atoms with Crippen molar-refractivity contribution in [1.29, 1.82) is 0 Å². The summed E-state index contributed by atoms with van der Waals surface area (Å²) in [5.41, 5.74) is 4.66. The van der Waals surface area contributed by atoms with Gasteiger partial charge in [-0.1, -0.05) is 99.8 Å². The molecule has 0 saturated heterocycles. The fraction of sp³-hybridized carbons (Fsp3) is 1.00. The Morgan fingerprint density at radius 3 is 0.871 bits per heavy atom. The minimum absolute atomic E-state index is 0.282. The second-order valence-corrected chi connectivity index (χ2v) is 19.0. The summed E-state index contributed by atoms with van der Waals surface area (Å²) in [7, 11) is 9.97. The van der Waals surface area contributed by atoms with Gasteiger partial charge in [-0.25, -0.2) is 0 Å². The van der Waals surface area contributed by atoms with Gasteiger partial charge in [-0.2, -0.15) is 0 Å². The predicted molar refractivity (Wildman–Crippen MR) is 142 cm³/mol. The van der Waals surface area contributed by atoms with Crippen LogP contribution in [0.4, 0.5) is 0 Å².